The topological polar surface area (TPSA) is 43.4 Å². The number of halogens is 2. The minimum absolute atomic E-state index is 0.0379. The third kappa shape index (κ3) is 3.82. The number of carbonyl (C=O) groups excluding carboxylic acids is 2. The summed E-state index contributed by atoms with van der Waals surface area (Å²) in [4.78, 5) is 23.2. The minimum Gasteiger partial charge on any atom is -0.462 e. The lowest BCUT2D eigenvalue weighted by Crippen LogP contribution is -2.08. The molecule has 0 saturated carbocycles. The molecule has 0 aliphatic rings. The van der Waals surface area contributed by atoms with Crippen LogP contribution < -0.4 is 0 Å². The Kier molecular flexibility index (Phi) is 5.65. The van der Waals surface area contributed by atoms with Crippen LogP contribution in [0.3, 0.4) is 0 Å². The van der Waals surface area contributed by atoms with Gasteiger partial charge in [-0.3, -0.25) is 4.79 Å². The van der Waals surface area contributed by atoms with Crippen molar-refractivity contribution in [2.24, 2.45) is 0 Å². The predicted molar refractivity (Wildman–Crippen MR) is 70.2 cm³/mol. The van der Waals surface area contributed by atoms with Crippen molar-refractivity contribution < 1.29 is 14.3 Å². The number of hydrogen-bond donors (Lipinski definition) is 0. The first-order valence-corrected chi connectivity index (χ1v) is 6.66. The Labute approximate surface area is 113 Å². The smallest absolute Gasteiger partial charge is 0.339 e. The lowest BCUT2D eigenvalue weighted by Gasteiger charge is -2.06. The molecule has 92 valence electrons. The standard InChI is InChI=1S/C12H12BrClO3/c1-2-17-12(16)9-7-8(3-4-10(9)14)11(15)5-6-13/h3-4,7H,2,5-6H2,1H3. The van der Waals surface area contributed by atoms with Gasteiger partial charge in [0.15, 0.2) is 5.78 Å². The van der Waals surface area contributed by atoms with Crippen LogP contribution in [0.2, 0.25) is 5.02 Å². The average molecular weight is 320 g/mol. The summed E-state index contributed by atoms with van der Waals surface area (Å²) in [6.07, 6.45) is 0.379. The van der Waals surface area contributed by atoms with Crippen LogP contribution in [0, 0.1) is 0 Å². The molecule has 17 heavy (non-hydrogen) atoms. The maximum absolute atomic E-state index is 11.7. The van der Waals surface area contributed by atoms with Gasteiger partial charge in [0.05, 0.1) is 17.2 Å². The highest BCUT2D eigenvalue weighted by atomic mass is 79.9. The molecule has 1 aromatic rings. The highest BCUT2D eigenvalue weighted by molar-refractivity contribution is 9.09. The van der Waals surface area contributed by atoms with Gasteiger partial charge in [0, 0.05) is 17.3 Å². The molecule has 0 aliphatic carbocycles. The fraction of sp³-hybridized carbons (Fsp3) is 0.333. The van der Waals surface area contributed by atoms with Crippen LogP contribution in [0.1, 0.15) is 34.1 Å². The monoisotopic (exact) mass is 318 g/mol. The molecule has 5 heteroatoms. The predicted octanol–water partition coefficient (Wildman–Crippen LogP) is 3.48. The van der Waals surface area contributed by atoms with E-state index in [2.05, 4.69) is 15.9 Å². The zero-order valence-electron chi connectivity index (χ0n) is 9.33. The number of rotatable bonds is 5. The SMILES string of the molecule is CCOC(=O)c1cc(C(=O)CCBr)ccc1Cl. The number of hydrogen-bond acceptors (Lipinski definition) is 3. The summed E-state index contributed by atoms with van der Waals surface area (Å²) in [5.74, 6) is -0.546. The molecule has 0 aliphatic heterocycles. The molecule has 0 unspecified atom stereocenters. The molecule has 1 aromatic carbocycles. The Balaban J connectivity index is 3.02. The molecule has 0 aromatic heterocycles. The molecule has 3 nitrogen and oxygen atoms in total. The van der Waals surface area contributed by atoms with Crippen molar-refractivity contribution in [1.29, 1.82) is 0 Å². The van der Waals surface area contributed by atoms with Gasteiger partial charge in [0.1, 0.15) is 0 Å². The van der Waals surface area contributed by atoms with Gasteiger partial charge in [0.25, 0.3) is 0 Å². The fourth-order valence-electron chi connectivity index (χ4n) is 1.29. The van der Waals surface area contributed by atoms with Gasteiger partial charge in [-0.1, -0.05) is 27.5 Å². The molecule has 0 fully saturated rings. The van der Waals surface area contributed by atoms with Crippen LogP contribution >= 0.6 is 27.5 Å². The van der Waals surface area contributed by atoms with E-state index >= 15 is 0 Å². The van der Waals surface area contributed by atoms with Gasteiger partial charge < -0.3 is 4.74 Å². The van der Waals surface area contributed by atoms with E-state index in [-0.39, 0.29) is 18.0 Å². The van der Waals surface area contributed by atoms with Crippen molar-refractivity contribution in [3.05, 3.63) is 34.3 Å². The molecule has 1 rings (SSSR count). The van der Waals surface area contributed by atoms with Crippen molar-refractivity contribution in [3.8, 4) is 0 Å². The summed E-state index contributed by atoms with van der Waals surface area (Å²) in [7, 11) is 0. The summed E-state index contributed by atoms with van der Waals surface area (Å²) in [5.41, 5.74) is 0.700. The zero-order chi connectivity index (χ0) is 12.8. The summed E-state index contributed by atoms with van der Waals surface area (Å²) >= 11 is 9.08. The van der Waals surface area contributed by atoms with Gasteiger partial charge in [-0.2, -0.15) is 0 Å². The van der Waals surface area contributed by atoms with Gasteiger partial charge in [-0.25, -0.2) is 4.79 Å². The van der Waals surface area contributed by atoms with E-state index in [1.165, 1.54) is 12.1 Å². The van der Waals surface area contributed by atoms with Crippen molar-refractivity contribution in [2.45, 2.75) is 13.3 Å². The lowest BCUT2D eigenvalue weighted by molar-refractivity contribution is 0.0526. The van der Waals surface area contributed by atoms with Crippen molar-refractivity contribution >= 4 is 39.3 Å². The summed E-state index contributed by atoms with van der Waals surface area (Å²) < 4.78 is 4.86. The molecule has 0 spiro atoms. The van der Waals surface area contributed by atoms with Gasteiger partial charge >= 0.3 is 5.97 Å². The van der Waals surface area contributed by atoms with E-state index < -0.39 is 5.97 Å². The number of carbonyl (C=O) groups is 2. The van der Waals surface area contributed by atoms with E-state index in [0.717, 1.165) is 0 Å². The summed E-state index contributed by atoms with van der Waals surface area (Å²) in [5, 5.41) is 0.877. The van der Waals surface area contributed by atoms with E-state index in [0.29, 0.717) is 22.3 Å². The maximum Gasteiger partial charge on any atom is 0.339 e. The van der Waals surface area contributed by atoms with Crippen LogP contribution in [0.4, 0.5) is 0 Å². The quantitative estimate of drug-likeness (QED) is 0.474. The maximum atomic E-state index is 11.7. The normalized spacial score (nSPS) is 10.1. The highest BCUT2D eigenvalue weighted by Gasteiger charge is 2.14. The number of ether oxygens (including phenoxy) is 1. The molecule has 0 radical (unpaired) electrons. The van der Waals surface area contributed by atoms with Crippen LogP contribution in [0.5, 0.6) is 0 Å². The largest absolute Gasteiger partial charge is 0.462 e. The molecule has 0 bridgehead atoms. The number of Topliss-reactive ketones (excluding diaryl/α,β-unsaturated/α-hetero) is 1. The van der Waals surface area contributed by atoms with Gasteiger partial charge in [-0.05, 0) is 25.1 Å². The molecule has 0 saturated heterocycles. The summed E-state index contributed by atoms with van der Waals surface area (Å²) in [6.45, 7) is 1.99. The average Bonchev–Trinajstić information content (AvgIpc) is 2.30. The zero-order valence-corrected chi connectivity index (χ0v) is 11.7. The number of ketones is 1. The number of esters is 1. The Bertz CT molecular complexity index is 432. The van der Waals surface area contributed by atoms with Crippen LogP contribution in [0.15, 0.2) is 18.2 Å². The first-order chi connectivity index (χ1) is 8.10. The van der Waals surface area contributed by atoms with Crippen molar-refractivity contribution in [2.75, 3.05) is 11.9 Å². The Hall–Kier alpha value is -0.870. The second-order valence-corrected chi connectivity index (χ2v) is 4.48. The molecule has 0 atom stereocenters. The van der Waals surface area contributed by atoms with Gasteiger partial charge in [0.2, 0.25) is 0 Å². The fourth-order valence-corrected chi connectivity index (χ4v) is 1.85. The minimum atomic E-state index is -0.508. The summed E-state index contributed by atoms with van der Waals surface area (Å²) in [6, 6.07) is 4.62. The van der Waals surface area contributed by atoms with Gasteiger partial charge in [-0.15, -0.1) is 0 Å². The Morgan fingerprint density at radius 3 is 2.71 bits per heavy atom. The first kappa shape index (κ1) is 14.2. The van der Waals surface area contributed by atoms with Crippen molar-refractivity contribution in [1.82, 2.24) is 0 Å². The second kappa shape index (κ2) is 6.77. The number of benzene rings is 1. The van der Waals surface area contributed by atoms with Crippen LogP contribution in [-0.4, -0.2) is 23.7 Å². The molecule has 0 N–H and O–H groups in total. The Morgan fingerprint density at radius 1 is 1.41 bits per heavy atom. The van der Waals surface area contributed by atoms with E-state index in [1.807, 2.05) is 0 Å². The second-order valence-electron chi connectivity index (χ2n) is 3.28. The molecule has 0 amide bonds. The van der Waals surface area contributed by atoms with Crippen LogP contribution in [0.25, 0.3) is 0 Å². The first-order valence-electron chi connectivity index (χ1n) is 5.16. The Morgan fingerprint density at radius 2 is 2.12 bits per heavy atom. The third-order valence-corrected chi connectivity index (χ3v) is 2.83. The molecule has 0 heterocycles. The third-order valence-electron chi connectivity index (χ3n) is 2.11. The molecular weight excluding hydrogens is 307 g/mol. The number of alkyl halides is 1. The van der Waals surface area contributed by atoms with Crippen LogP contribution in [-0.2, 0) is 4.74 Å². The highest BCUT2D eigenvalue weighted by Crippen LogP contribution is 2.19. The van der Waals surface area contributed by atoms with E-state index in [9.17, 15) is 9.59 Å². The van der Waals surface area contributed by atoms with E-state index in [4.69, 9.17) is 16.3 Å². The van der Waals surface area contributed by atoms with Crippen molar-refractivity contribution in [3.63, 3.8) is 0 Å². The molecular formula is C12H12BrClO3. The van der Waals surface area contributed by atoms with E-state index in [1.54, 1.807) is 13.0 Å². The lowest BCUT2D eigenvalue weighted by atomic mass is 10.1.